The van der Waals surface area contributed by atoms with Gasteiger partial charge >= 0.3 is 39.0 Å². The third kappa shape index (κ3) is 29.2. The van der Waals surface area contributed by atoms with Gasteiger partial charge in [0.25, 0.3) is 0 Å². The molecule has 0 fully saturated rings. The maximum absolute atomic E-state index is 9.50. The number of hydrogen-bond acceptors (Lipinski definition) is 7. The fourth-order valence-corrected chi connectivity index (χ4v) is 0.204. The first-order chi connectivity index (χ1) is 6.27. The van der Waals surface area contributed by atoms with Crippen LogP contribution in [-0.2, 0) is 53.3 Å². The van der Waals surface area contributed by atoms with Crippen LogP contribution in [0.2, 0.25) is 0 Å². The van der Waals surface area contributed by atoms with Crippen LogP contribution >= 0.6 is 0 Å². The molecule has 0 saturated heterocycles. The Kier molecular flexibility index (Phi) is 22.6. The number of carboxylic acid groups (broad SMARTS) is 3. The van der Waals surface area contributed by atoms with E-state index in [1.807, 2.05) is 0 Å². The van der Waals surface area contributed by atoms with E-state index in [1.165, 1.54) is 0 Å². The number of carbonyl (C=O) groups excluding carboxylic acids is 3. The third-order valence-electron chi connectivity index (χ3n) is 0.874. The maximum Gasteiger partial charge on any atom is 2.00 e. The van der Waals surface area contributed by atoms with E-state index in [-0.39, 0.29) is 39.0 Å². The summed E-state index contributed by atoms with van der Waals surface area (Å²) in [6, 6.07) is 0. The van der Waals surface area contributed by atoms with Crippen LogP contribution in [0.5, 0.6) is 0 Å². The van der Waals surface area contributed by atoms with Crippen molar-refractivity contribution < 1.29 is 73.8 Å². The molecular weight excluding hydrogens is 327 g/mol. The van der Waals surface area contributed by atoms with Crippen LogP contribution < -0.4 is 15.3 Å². The fraction of sp³-hybridized carbons (Fsp3) is 0.571. The zero-order valence-corrected chi connectivity index (χ0v) is 14.7. The SMILES string of the molecule is CC(O)C(=O)[O-].O=C([O-])CCC(=O)[O-].[Zn+2].[Zn+2]. The second-order valence-electron chi connectivity index (χ2n) is 2.24. The van der Waals surface area contributed by atoms with E-state index >= 15 is 0 Å². The topological polar surface area (TPSA) is 141 Å². The summed E-state index contributed by atoms with van der Waals surface area (Å²) in [5, 5.41) is 36.3. The summed E-state index contributed by atoms with van der Waals surface area (Å²) in [4.78, 5) is 28.3. The number of aliphatic hydroxyl groups is 1. The van der Waals surface area contributed by atoms with Gasteiger partial charge in [0.15, 0.2) is 0 Å². The van der Waals surface area contributed by atoms with Gasteiger partial charge in [-0.3, -0.25) is 0 Å². The first-order valence-electron chi connectivity index (χ1n) is 3.56. The smallest absolute Gasteiger partial charge is 0.550 e. The second-order valence-corrected chi connectivity index (χ2v) is 2.24. The van der Waals surface area contributed by atoms with Gasteiger partial charge in [0.05, 0.1) is 12.1 Å². The number of rotatable bonds is 4. The fourth-order valence-electron chi connectivity index (χ4n) is 0.204. The molecule has 0 aromatic rings. The summed E-state index contributed by atoms with van der Waals surface area (Å²) in [6.45, 7) is 1.13. The molecule has 1 atom stereocenters. The van der Waals surface area contributed by atoms with Gasteiger partial charge in [0, 0.05) is 11.9 Å². The summed E-state index contributed by atoms with van der Waals surface area (Å²) < 4.78 is 0. The van der Waals surface area contributed by atoms with Crippen molar-refractivity contribution in [2.24, 2.45) is 0 Å². The molecule has 1 unspecified atom stereocenters. The van der Waals surface area contributed by atoms with Crippen molar-refractivity contribution in [3.63, 3.8) is 0 Å². The molecule has 0 rings (SSSR count). The summed E-state index contributed by atoms with van der Waals surface area (Å²) in [5.41, 5.74) is 0. The van der Waals surface area contributed by atoms with Crippen molar-refractivity contribution >= 4 is 17.9 Å². The molecule has 0 radical (unpaired) electrons. The first-order valence-corrected chi connectivity index (χ1v) is 3.56. The van der Waals surface area contributed by atoms with Gasteiger partial charge < -0.3 is 34.8 Å². The number of carboxylic acids is 3. The Bertz CT molecular complexity index is 203. The number of aliphatic carboxylic acids is 3. The van der Waals surface area contributed by atoms with Crippen molar-refractivity contribution in [3.05, 3.63) is 0 Å². The molecule has 0 bridgehead atoms. The van der Waals surface area contributed by atoms with E-state index in [4.69, 9.17) is 5.11 Å². The van der Waals surface area contributed by atoms with E-state index < -0.39 is 36.9 Å². The molecule has 9 heteroatoms. The molecule has 0 saturated carbocycles. The Hall–Kier alpha value is -0.383. The van der Waals surface area contributed by atoms with E-state index in [9.17, 15) is 29.7 Å². The number of hydrogen-bond donors (Lipinski definition) is 1. The van der Waals surface area contributed by atoms with Crippen LogP contribution in [0.4, 0.5) is 0 Å². The Morgan fingerprint density at radius 3 is 1.25 bits per heavy atom. The zero-order chi connectivity index (χ0) is 11.7. The summed E-state index contributed by atoms with van der Waals surface area (Å²) in [6.07, 6.45) is -2.28. The molecule has 0 heterocycles. The Balaban J connectivity index is -0.0000000825. The Morgan fingerprint density at radius 1 is 1.00 bits per heavy atom. The largest absolute Gasteiger partial charge is 2.00 e. The van der Waals surface area contributed by atoms with Crippen LogP contribution in [0.15, 0.2) is 0 Å². The van der Waals surface area contributed by atoms with Crippen molar-refractivity contribution in [2.45, 2.75) is 25.9 Å². The van der Waals surface area contributed by atoms with Gasteiger partial charge in [0.1, 0.15) is 0 Å². The van der Waals surface area contributed by atoms with Crippen molar-refractivity contribution in [2.75, 3.05) is 0 Å². The zero-order valence-electron chi connectivity index (χ0n) is 8.80. The number of carbonyl (C=O) groups is 3. The summed E-state index contributed by atoms with van der Waals surface area (Å²) in [7, 11) is 0. The minimum atomic E-state index is -1.44. The molecule has 0 aliphatic heterocycles. The first kappa shape index (κ1) is 24.7. The minimum Gasteiger partial charge on any atom is -0.550 e. The molecule has 0 aromatic carbocycles. The molecule has 0 amide bonds. The molecule has 1 N–H and O–H groups in total. The van der Waals surface area contributed by atoms with Gasteiger partial charge in [-0.25, -0.2) is 0 Å². The van der Waals surface area contributed by atoms with Gasteiger partial charge in [0.2, 0.25) is 0 Å². The standard InChI is InChI=1S/C4H6O4.C3H6O3.2Zn/c5-3(6)1-2-4(7)8;1-2(4)3(5)6;;/h1-2H2,(H,5,6)(H,7,8);2,4H,1H3,(H,5,6);;/q;;2*+2/p-3. The van der Waals surface area contributed by atoms with Crippen LogP contribution in [0.3, 0.4) is 0 Å². The molecule has 0 spiro atoms. The molecule has 0 aromatic heterocycles. The van der Waals surface area contributed by atoms with E-state index in [1.54, 1.807) is 0 Å². The predicted molar refractivity (Wildman–Crippen MR) is 35.9 cm³/mol. The molecule has 7 nitrogen and oxygen atoms in total. The quantitative estimate of drug-likeness (QED) is 0.509. The van der Waals surface area contributed by atoms with Gasteiger partial charge in [-0.05, 0) is 19.8 Å². The molecule has 0 aliphatic rings. The number of aliphatic hydroxyl groups excluding tert-OH is 1. The maximum atomic E-state index is 9.50. The predicted octanol–water partition coefficient (Wildman–Crippen LogP) is -4.62. The van der Waals surface area contributed by atoms with Gasteiger partial charge in [-0.2, -0.15) is 0 Å². The minimum absolute atomic E-state index is 0. The Morgan fingerprint density at radius 2 is 1.19 bits per heavy atom. The Labute approximate surface area is 117 Å². The van der Waals surface area contributed by atoms with E-state index in [2.05, 4.69) is 0 Å². The normalized spacial score (nSPS) is 9.38. The van der Waals surface area contributed by atoms with Crippen LogP contribution in [0.25, 0.3) is 0 Å². The van der Waals surface area contributed by atoms with E-state index in [0.717, 1.165) is 6.92 Å². The molecule has 16 heavy (non-hydrogen) atoms. The monoisotopic (exact) mass is 333 g/mol. The summed E-state index contributed by atoms with van der Waals surface area (Å²) in [5.74, 6) is -4.17. The third-order valence-corrected chi connectivity index (χ3v) is 0.874. The summed E-state index contributed by atoms with van der Waals surface area (Å²) >= 11 is 0. The van der Waals surface area contributed by atoms with Gasteiger partial charge in [-0.1, -0.05) is 0 Å². The average molecular weight is 336 g/mol. The van der Waals surface area contributed by atoms with Crippen LogP contribution in [-0.4, -0.2) is 29.1 Å². The molecule has 0 aliphatic carbocycles. The van der Waals surface area contributed by atoms with Gasteiger partial charge in [-0.15, -0.1) is 0 Å². The van der Waals surface area contributed by atoms with Crippen LogP contribution in [0, 0.1) is 0 Å². The van der Waals surface area contributed by atoms with Crippen molar-refractivity contribution in [1.29, 1.82) is 0 Å². The second kappa shape index (κ2) is 14.6. The molecular formula is C7H9O7Zn2+. The van der Waals surface area contributed by atoms with E-state index in [0.29, 0.717) is 0 Å². The molecule has 82 valence electrons. The van der Waals surface area contributed by atoms with Crippen molar-refractivity contribution in [3.8, 4) is 0 Å². The van der Waals surface area contributed by atoms with Crippen LogP contribution in [0.1, 0.15) is 19.8 Å². The average Bonchev–Trinajstić information content (AvgIpc) is 2.01. The van der Waals surface area contributed by atoms with Crippen molar-refractivity contribution in [1.82, 2.24) is 0 Å².